The molecule has 0 aliphatic rings. The number of carboxylic acid groups (broad SMARTS) is 1. The molecule has 0 unspecified atom stereocenters. The highest BCUT2D eigenvalue weighted by atomic mass is 32.2. The van der Waals surface area contributed by atoms with E-state index in [4.69, 9.17) is 10.4 Å². The van der Waals surface area contributed by atoms with Gasteiger partial charge in [0.2, 0.25) is 0 Å². The van der Waals surface area contributed by atoms with Gasteiger partial charge in [-0.1, -0.05) is 0 Å². The van der Waals surface area contributed by atoms with E-state index in [2.05, 4.69) is 0 Å². The highest BCUT2D eigenvalue weighted by molar-refractivity contribution is 8.00. The van der Waals surface area contributed by atoms with E-state index in [1.165, 1.54) is 12.1 Å². The average Bonchev–Trinajstić information content (AvgIpc) is 2.15. The van der Waals surface area contributed by atoms with Crippen molar-refractivity contribution in [2.75, 3.05) is 5.75 Å². The minimum Gasteiger partial charge on any atom is -0.481 e. The van der Waals surface area contributed by atoms with E-state index in [1.54, 1.807) is 6.07 Å². The molecule has 0 bridgehead atoms. The van der Waals surface area contributed by atoms with E-state index in [0.717, 1.165) is 17.8 Å². The zero-order valence-corrected chi connectivity index (χ0v) is 7.84. The van der Waals surface area contributed by atoms with Crippen molar-refractivity contribution in [3.05, 3.63) is 29.6 Å². The molecule has 0 radical (unpaired) electrons. The number of nitriles is 1. The first-order valence-electron chi connectivity index (χ1n) is 3.67. The molecule has 1 aromatic carbocycles. The Hall–Kier alpha value is -1.54. The van der Waals surface area contributed by atoms with Gasteiger partial charge in [0.25, 0.3) is 0 Å². The van der Waals surface area contributed by atoms with Crippen LogP contribution in [0.4, 0.5) is 4.39 Å². The number of nitrogens with zero attached hydrogens (tertiary/aromatic N) is 1. The van der Waals surface area contributed by atoms with Crippen LogP contribution in [0.3, 0.4) is 0 Å². The lowest BCUT2D eigenvalue weighted by atomic mass is 10.2. The Labute approximate surface area is 84.2 Å². The predicted molar refractivity (Wildman–Crippen MR) is 49.5 cm³/mol. The molecule has 0 aliphatic carbocycles. The molecular formula is C9H6FNO2S. The second-order valence-corrected chi connectivity index (χ2v) is 3.45. The summed E-state index contributed by atoms with van der Waals surface area (Å²) < 4.78 is 12.7. The maximum absolute atomic E-state index is 12.7. The fourth-order valence-corrected chi connectivity index (χ4v) is 1.56. The lowest BCUT2D eigenvalue weighted by molar-refractivity contribution is -0.133. The summed E-state index contributed by atoms with van der Waals surface area (Å²) in [5.74, 6) is -1.61. The number of carboxylic acids is 1. The van der Waals surface area contributed by atoms with Gasteiger partial charge in [0.15, 0.2) is 0 Å². The molecule has 0 fully saturated rings. The van der Waals surface area contributed by atoms with Gasteiger partial charge in [-0.05, 0) is 18.2 Å². The van der Waals surface area contributed by atoms with Crippen molar-refractivity contribution in [1.29, 1.82) is 5.26 Å². The summed E-state index contributed by atoms with van der Waals surface area (Å²) in [6.45, 7) is 0. The monoisotopic (exact) mass is 211 g/mol. The molecule has 0 aliphatic heterocycles. The van der Waals surface area contributed by atoms with Crippen molar-refractivity contribution in [3.63, 3.8) is 0 Å². The molecule has 3 nitrogen and oxygen atoms in total. The SMILES string of the molecule is N#Cc1cc(F)ccc1SCC(=O)O. The highest BCUT2D eigenvalue weighted by Crippen LogP contribution is 2.22. The van der Waals surface area contributed by atoms with Crippen LogP contribution in [-0.2, 0) is 4.79 Å². The molecule has 1 N–H and O–H groups in total. The molecule has 5 heteroatoms. The Morgan fingerprint density at radius 1 is 1.64 bits per heavy atom. The van der Waals surface area contributed by atoms with E-state index in [0.29, 0.717) is 4.90 Å². The van der Waals surface area contributed by atoms with Gasteiger partial charge in [0.1, 0.15) is 11.9 Å². The zero-order valence-electron chi connectivity index (χ0n) is 7.03. The van der Waals surface area contributed by atoms with Crippen LogP contribution in [0.25, 0.3) is 0 Å². The summed E-state index contributed by atoms with van der Waals surface area (Å²) in [6.07, 6.45) is 0. The van der Waals surface area contributed by atoms with Crippen molar-refractivity contribution in [1.82, 2.24) is 0 Å². The van der Waals surface area contributed by atoms with E-state index in [-0.39, 0.29) is 11.3 Å². The van der Waals surface area contributed by atoms with Crippen LogP contribution in [0.1, 0.15) is 5.56 Å². The topological polar surface area (TPSA) is 61.1 Å². The third-order valence-electron chi connectivity index (χ3n) is 1.41. The van der Waals surface area contributed by atoms with Crippen molar-refractivity contribution >= 4 is 17.7 Å². The third kappa shape index (κ3) is 2.75. The predicted octanol–water partition coefficient (Wildman–Crippen LogP) is 1.87. The summed E-state index contributed by atoms with van der Waals surface area (Å²) in [6, 6.07) is 5.50. The molecule has 0 aromatic heterocycles. The van der Waals surface area contributed by atoms with Gasteiger partial charge < -0.3 is 5.11 Å². The van der Waals surface area contributed by atoms with E-state index in [1.807, 2.05) is 0 Å². The van der Waals surface area contributed by atoms with Crippen molar-refractivity contribution in [2.24, 2.45) is 0 Å². The second-order valence-electron chi connectivity index (χ2n) is 2.43. The fraction of sp³-hybridized carbons (Fsp3) is 0.111. The quantitative estimate of drug-likeness (QED) is 0.775. The molecule has 0 amide bonds. The van der Waals surface area contributed by atoms with Gasteiger partial charge in [0.05, 0.1) is 11.3 Å². The Morgan fingerprint density at radius 2 is 2.36 bits per heavy atom. The van der Waals surface area contributed by atoms with Gasteiger partial charge in [-0.3, -0.25) is 4.79 Å². The first kappa shape index (κ1) is 10.5. The molecule has 1 aromatic rings. The number of aliphatic carboxylic acids is 1. The van der Waals surface area contributed by atoms with Crippen LogP contribution in [0.15, 0.2) is 23.1 Å². The smallest absolute Gasteiger partial charge is 0.313 e. The molecule has 72 valence electrons. The first-order chi connectivity index (χ1) is 6.63. The van der Waals surface area contributed by atoms with Crippen LogP contribution < -0.4 is 0 Å². The summed E-state index contributed by atoms with van der Waals surface area (Å²) in [4.78, 5) is 10.7. The van der Waals surface area contributed by atoms with Crippen LogP contribution in [0, 0.1) is 17.1 Å². The molecule has 14 heavy (non-hydrogen) atoms. The minimum atomic E-state index is -0.969. The lowest BCUT2D eigenvalue weighted by Crippen LogP contribution is -1.98. The van der Waals surface area contributed by atoms with Crippen LogP contribution in [0.2, 0.25) is 0 Å². The zero-order chi connectivity index (χ0) is 10.6. The van der Waals surface area contributed by atoms with Crippen molar-refractivity contribution in [3.8, 4) is 6.07 Å². The number of rotatable bonds is 3. The largest absolute Gasteiger partial charge is 0.481 e. The van der Waals surface area contributed by atoms with Gasteiger partial charge >= 0.3 is 5.97 Å². The molecule has 1 rings (SSSR count). The summed E-state index contributed by atoms with van der Waals surface area (Å²) in [5, 5.41) is 17.0. The molecule has 0 heterocycles. The number of hydrogen-bond acceptors (Lipinski definition) is 3. The van der Waals surface area contributed by atoms with Crippen molar-refractivity contribution in [2.45, 2.75) is 4.90 Å². The molecule has 0 saturated heterocycles. The Balaban J connectivity index is 2.87. The second kappa shape index (κ2) is 4.63. The summed E-state index contributed by atoms with van der Waals surface area (Å²) >= 11 is 1.000. The normalized spacial score (nSPS) is 9.43. The van der Waals surface area contributed by atoms with Gasteiger partial charge in [-0.2, -0.15) is 5.26 Å². The number of benzene rings is 1. The average molecular weight is 211 g/mol. The molecule has 0 saturated carbocycles. The standard InChI is InChI=1S/C9H6FNO2S/c10-7-1-2-8(6(3-7)4-11)14-5-9(12)13/h1-3H,5H2,(H,12,13). The third-order valence-corrected chi connectivity index (χ3v) is 2.47. The minimum absolute atomic E-state index is 0.139. The number of carbonyl (C=O) groups is 1. The summed E-state index contributed by atoms with van der Waals surface area (Å²) in [5.41, 5.74) is 0.163. The maximum Gasteiger partial charge on any atom is 0.313 e. The van der Waals surface area contributed by atoms with Crippen LogP contribution in [0.5, 0.6) is 0 Å². The number of halogens is 1. The Morgan fingerprint density at radius 3 is 2.93 bits per heavy atom. The maximum atomic E-state index is 12.7. The Kier molecular flexibility index (Phi) is 3.48. The Bertz CT molecular complexity index is 400. The van der Waals surface area contributed by atoms with E-state index >= 15 is 0 Å². The molecule has 0 spiro atoms. The van der Waals surface area contributed by atoms with E-state index in [9.17, 15) is 9.18 Å². The van der Waals surface area contributed by atoms with Gasteiger partial charge in [-0.25, -0.2) is 4.39 Å². The van der Waals surface area contributed by atoms with Gasteiger partial charge in [0, 0.05) is 4.90 Å². The number of thioether (sulfide) groups is 1. The molecule has 0 atom stereocenters. The summed E-state index contributed by atoms with van der Waals surface area (Å²) in [7, 11) is 0. The van der Waals surface area contributed by atoms with Crippen molar-refractivity contribution < 1.29 is 14.3 Å². The lowest BCUT2D eigenvalue weighted by Gasteiger charge is -2.00. The first-order valence-corrected chi connectivity index (χ1v) is 4.66. The van der Waals surface area contributed by atoms with Crippen LogP contribution >= 0.6 is 11.8 Å². The molecular weight excluding hydrogens is 205 g/mol. The van der Waals surface area contributed by atoms with E-state index < -0.39 is 11.8 Å². The highest BCUT2D eigenvalue weighted by Gasteiger charge is 2.06. The fourth-order valence-electron chi connectivity index (χ4n) is 0.855. The number of hydrogen-bond donors (Lipinski definition) is 1. The van der Waals surface area contributed by atoms with Gasteiger partial charge in [-0.15, -0.1) is 11.8 Å². The van der Waals surface area contributed by atoms with Crippen LogP contribution in [-0.4, -0.2) is 16.8 Å².